The molecule has 5 rings (SSSR count). The number of phenols is 2. The number of methoxy groups -OCH3 is 2. The molecule has 0 aliphatic heterocycles. The number of carbonyl (C=O) groups is 2. The molecule has 0 radical (unpaired) electrons. The first kappa shape index (κ1) is 29.2. The lowest BCUT2D eigenvalue weighted by Crippen LogP contribution is -2.24. The number of ether oxygens (including phenoxy) is 2. The van der Waals surface area contributed by atoms with E-state index in [0.29, 0.717) is 32.7 Å². The van der Waals surface area contributed by atoms with Gasteiger partial charge in [0.15, 0.2) is 5.78 Å². The van der Waals surface area contributed by atoms with Gasteiger partial charge in [0.25, 0.3) is 0 Å². The molecule has 0 saturated heterocycles. The molecule has 10 heteroatoms. The summed E-state index contributed by atoms with van der Waals surface area (Å²) < 4.78 is 10.4. The summed E-state index contributed by atoms with van der Waals surface area (Å²) in [6, 6.07) is 18.5. The second-order valence-corrected chi connectivity index (χ2v) is 11.5. The molecule has 4 aromatic carbocycles. The number of benzene rings is 4. The van der Waals surface area contributed by atoms with Crippen LogP contribution in [-0.2, 0) is 11.5 Å². The predicted octanol–water partition coefficient (Wildman–Crippen LogP) is 6.56. The molecule has 1 aliphatic rings. The molecule has 0 saturated carbocycles. The molecule has 0 aromatic heterocycles. The first-order chi connectivity index (χ1) is 20.3. The number of nitrogens with one attached hydrogen (secondary N) is 2. The first-order valence-corrected chi connectivity index (χ1v) is 15.0. The molecule has 0 heterocycles. The Bertz CT molecular complexity index is 1550. The summed E-state index contributed by atoms with van der Waals surface area (Å²) in [5, 5.41) is 28.7. The molecular weight excluding hydrogens is 572 g/mol. The number of rotatable bonds is 10. The SMILES string of the molecule is CNc1cc(SCc2ccc(OC)cc2)c(O)c2c1C(=O)c1c(NC)cc(SCc3ccc(OC)cc3)c(O)c1C2=O. The Morgan fingerprint density at radius 3 is 1.31 bits per heavy atom. The Hall–Kier alpha value is -4.28. The van der Waals surface area contributed by atoms with Crippen LogP contribution in [0.5, 0.6) is 23.0 Å². The van der Waals surface area contributed by atoms with Crippen LogP contribution in [-0.4, -0.2) is 50.1 Å². The van der Waals surface area contributed by atoms with Gasteiger partial charge in [-0.15, -0.1) is 23.5 Å². The number of carbonyl (C=O) groups excluding carboxylic acids is 2. The fourth-order valence-corrected chi connectivity index (χ4v) is 6.75. The Morgan fingerprint density at radius 2 is 0.976 bits per heavy atom. The highest BCUT2D eigenvalue weighted by molar-refractivity contribution is 7.98. The van der Waals surface area contributed by atoms with Crippen molar-refractivity contribution < 1.29 is 29.3 Å². The zero-order chi connectivity index (χ0) is 30.0. The molecule has 216 valence electrons. The predicted molar refractivity (Wildman–Crippen MR) is 167 cm³/mol. The second-order valence-electron chi connectivity index (χ2n) is 9.47. The topological polar surface area (TPSA) is 117 Å². The molecule has 0 amide bonds. The van der Waals surface area contributed by atoms with Gasteiger partial charge in [-0.25, -0.2) is 0 Å². The third-order valence-electron chi connectivity index (χ3n) is 7.08. The highest BCUT2D eigenvalue weighted by Crippen LogP contribution is 2.49. The van der Waals surface area contributed by atoms with E-state index in [2.05, 4.69) is 10.6 Å². The zero-order valence-corrected chi connectivity index (χ0v) is 25.2. The lowest BCUT2D eigenvalue weighted by Gasteiger charge is -2.26. The molecule has 0 atom stereocenters. The van der Waals surface area contributed by atoms with Crippen molar-refractivity contribution in [2.75, 3.05) is 38.9 Å². The molecule has 1 aliphatic carbocycles. The van der Waals surface area contributed by atoms with Crippen molar-refractivity contribution in [1.29, 1.82) is 0 Å². The minimum absolute atomic E-state index is 0.0795. The Kier molecular flexibility index (Phi) is 8.56. The van der Waals surface area contributed by atoms with Crippen LogP contribution in [0.2, 0.25) is 0 Å². The van der Waals surface area contributed by atoms with Crippen LogP contribution in [0.3, 0.4) is 0 Å². The van der Waals surface area contributed by atoms with Gasteiger partial charge in [-0.05, 0) is 47.5 Å². The van der Waals surface area contributed by atoms with Crippen LogP contribution in [0.15, 0.2) is 70.5 Å². The summed E-state index contributed by atoms with van der Waals surface area (Å²) >= 11 is 2.68. The van der Waals surface area contributed by atoms with Gasteiger partial charge in [0.05, 0.1) is 46.3 Å². The lowest BCUT2D eigenvalue weighted by atomic mass is 9.81. The van der Waals surface area contributed by atoms with Crippen molar-refractivity contribution in [3.05, 3.63) is 94.0 Å². The minimum atomic E-state index is -0.610. The molecule has 0 bridgehead atoms. The molecule has 4 aromatic rings. The summed E-state index contributed by atoms with van der Waals surface area (Å²) in [6.45, 7) is 0. The number of anilines is 2. The number of thioether (sulfide) groups is 2. The highest BCUT2D eigenvalue weighted by Gasteiger charge is 2.39. The molecule has 42 heavy (non-hydrogen) atoms. The van der Waals surface area contributed by atoms with Gasteiger partial charge in [0.1, 0.15) is 23.0 Å². The van der Waals surface area contributed by atoms with Crippen molar-refractivity contribution in [3.63, 3.8) is 0 Å². The largest absolute Gasteiger partial charge is 0.506 e. The highest BCUT2D eigenvalue weighted by atomic mass is 32.2. The standard InChI is InChI=1S/C32H30N2O6S2/c1-33-21-13-23(41-15-17-5-9-19(39-3)10-6-17)29(35)27-25(21)31(37)26-22(34-2)14-24(30(36)28(26)32(27)38)42-16-18-7-11-20(40-4)12-8-18/h5-14,33-36H,15-16H2,1-4H3. The van der Waals surface area contributed by atoms with Crippen LogP contribution in [0.25, 0.3) is 0 Å². The van der Waals surface area contributed by atoms with Crippen molar-refractivity contribution in [1.82, 2.24) is 0 Å². The fraction of sp³-hybridized carbons (Fsp3) is 0.188. The number of aromatic hydroxyl groups is 2. The van der Waals surface area contributed by atoms with Gasteiger partial charge < -0.3 is 30.3 Å². The monoisotopic (exact) mass is 602 g/mol. The summed E-state index contributed by atoms with van der Waals surface area (Å²) in [7, 11) is 6.52. The van der Waals surface area contributed by atoms with Gasteiger partial charge in [-0.2, -0.15) is 0 Å². The van der Waals surface area contributed by atoms with E-state index in [1.54, 1.807) is 40.4 Å². The maximum absolute atomic E-state index is 14.1. The van der Waals surface area contributed by atoms with Crippen molar-refractivity contribution in [3.8, 4) is 23.0 Å². The average molecular weight is 603 g/mol. The Labute approximate surface area is 252 Å². The lowest BCUT2D eigenvalue weighted by molar-refractivity contribution is 0.0974. The molecular formula is C32H30N2O6S2. The van der Waals surface area contributed by atoms with Crippen LogP contribution < -0.4 is 20.1 Å². The maximum Gasteiger partial charge on any atom is 0.202 e. The average Bonchev–Trinajstić information content (AvgIpc) is 3.02. The van der Waals surface area contributed by atoms with E-state index in [0.717, 1.165) is 22.6 Å². The number of hydrogen-bond acceptors (Lipinski definition) is 10. The zero-order valence-electron chi connectivity index (χ0n) is 23.5. The van der Waals surface area contributed by atoms with Crippen LogP contribution >= 0.6 is 23.5 Å². The summed E-state index contributed by atoms with van der Waals surface area (Å²) in [4.78, 5) is 28.9. The van der Waals surface area contributed by atoms with Crippen molar-refractivity contribution >= 4 is 46.5 Å². The van der Waals surface area contributed by atoms with E-state index in [-0.39, 0.29) is 33.8 Å². The minimum Gasteiger partial charge on any atom is -0.506 e. The van der Waals surface area contributed by atoms with E-state index in [1.165, 1.54) is 23.5 Å². The molecule has 0 fully saturated rings. The normalized spacial score (nSPS) is 12.0. The van der Waals surface area contributed by atoms with Crippen molar-refractivity contribution in [2.45, 2.75) is 21.3 Å². The molecule has 8 nitrogen and oxygen atoms in total. The number of phenolic OH excluding ortho intramolecular Hbond substituents is 2. The number of fused-ring (bicyclic) bond motifs is 2. The summed E-state index contributed by atoms with van der Waals surface area (Å²) in [5.74, 6) is 0.866. The fourth-order valence-electron chi connectivity index (χ4n) is 4.84. The maximum atomic E-state index is 14.1. The van der Waals surface area contributed by atoms with E-state index in [4.69, 9.17) is 9.47 Å². The van der Waals surface area contributed by atoms with Gasteiger partial charge in [-0.3, -0.25) is 9.59 Å². The van der Waals surface area contributed by atoms with E-state index in [1.807, 2.05) is 48.5 Å². The molecule has 0 unspecified atom stereocenters. The molecule has 0 spiro atoms. The van der Waals surface area contributed by atoms with E-state index in [9.17, 15) is 19.8 Å². The summed E-state index contributed by atoms with van der Waals surface area (Å²) in [5.41, 5.74) is 2.74. The van der Waals surface area contributed by atoms with Crippen LogP contribution in [0.4, 0.5) is 11.4 Å². The van der Waals surface area contributed by atoms with E-state index >= 15 is 0 Å². The van der Waals surface area contributed by atoms with Gasteiger partial charge >= 0.3 is 0 Å². The third kappa shape index (κ3) is 5.35. The second kappa shape index (κ2) is 12.3. The van der Waals surface area contributed by atoms with Crippen LogP contribution in [0.1, 0.15) is 43.0 Å². The Morgan fingerprint density at radius 1 is 0.619 bits per heavy atom. The first-order valence-electron chi connectivity index (χ1n) is 13.1. The van der Waals surface area contributed by atoms with Gasteiger partial charge in [0.2, 0.25) is 5.78 Å². The number of ketones is 2. The smallest absolute Gasteiger partial charge is 0.202 e. The van der Waals surface area contributed by atoms with Crippen molar-refractivity contribution in [2.24, 2.45) is 0 Å². The summed E-state index contributed by atoms with van der Waals surface area (Å²) in [6.07, 6.45) is 0. The van der Waals surface area contributed by atoms with Gasteiger partial charge in [-0.1, -0.05) is 24.3 Å². The number of hydrogen-bond donors (Lipinski definition) is 4. The Balaban J connectivity index is 1.53. The third-order valence-corrected chi connectivity index (χ3v) is 9.28. The van der Waals surface area contributed by atoms with E-state index < -0.39 is 11.6 Å². The molecule has 4 N–H and O–H groups in total. The van der Waals surface area contributed by atoms with Gasteiger partial charge in [0, 0.05) is 37.0 Å². The van der Waals surface area contributed by atoms with Crippen LogP contribution in [0, 0.1) is 0 Å². The quantitative estimate of drug-likeness (QED) is 0.103.